The first-order chi connectivity index (χ1) is 11.9. The number of carbonyl (C=O) groups is 2. The number of halogens is 1. The molecule has 0 radical (unpaired) electrons. The second-order valence-electron chi connectivity index (χ2n) is 6.31. The molecule has 8 heteroatoms. The van der Waals surface area contributed by atoms with Gasteiger partial charge in [-0.25, -0.2) is 4.98 Å². The van der Waals surface area contributed by atoms with E-state index in [4.69, 9.17) is 11.6 Å². The Labute approximate surface area is 160 Å². The maximum Gasteiger partial charge on any atom is 0.228 e. The summed E-state index contributed by atoms with van der Waals surface area (Å²) in [6.45, 7) is 1.28. The number of aromatic nitrogens is 1. The van der Waals surface area contributed by atoms with Gasteiger partial charge < -0.3 is 9.80 Å². The number of carbonyl (C=O) groups excluding carboxylic acids is 2. The molecule has 134 valence electrons. The summed E-state index contributed by atoms with van der Waals surface area (Å²) >= 11 is 8.98. The monoisotopic (exact) mass is 397 g/mol. The third-order valence-corrected chi connectivity index (χ3v) is 6.60. The maximum absolute atomic E-state index is 12.5. The molecule has 2 aromatic rings. The standard InChI is InChI=1S/C17H20ClN3O2S2/c1-20(2)17(23)11-5-7-21(8-6-11)15(22)9-12-10-24-16(19-12)13-3-4-14(18)25-13/h3-4,10-11H,5-9H2,1-2H3. The Balaban J connectivity index is 1.55. The van der Waals surface area contributed by atoms with E-state index in [1.165, 1.54) is 22.7 Å². The van der Waals surface area contributed by atoms with Gasteiger partial charge in [0, 0.05) is 38.5 Å². The minimum absolute atomic E-state index is 0.0357. The van der Waals surface area contributed by atoms with Crippen LogP contribution in [0, 0.1) is 5.92 Å². The van der Waals surface area contributed by atoms with E-state index in [-0.39, 0.29) is 17.7 Å². The number of rotatable bonds is 4. The van der Waals surface area contributed by atoms with E-state index < -0.39 is 0 Å². The van der Waals surface area contributed by atoms with Gasteiger partial charge in [0.2, 0.25) is 11.8 Å². The third kappa shape index (κ3) is 4.40. The van der Waals surface area contributed by atoms with E-state index in [1.807, 2.05) is 22.4 Å². The van der Waals surface area contributed by atoms with Gasteiger partial charge in [0.05, 0.1) is 21.3 Å². The van der Waals surface area contributed by atoms with E-state index in [1.54, 1.807) is 19.0 Å². The predicted octanol–water partition coefficient (Wildman–Crippen LogP) is 3.39. The van der Waals surface area contributed by atoms with Crippen LogP contribution in [0.5, 0.6) is 0 Å². The summed E-state index contributed by atoms with van der Waals surface area (Å²) in [7, 11) is 3.56. The van der Waals surface area contributed by atoms with Gasteiger partial charge in [-0.1, -0.05) is 11.6 Å². The molecular weight excluding hydrogens is 378 g/mol. The van der Waals surface area contributed by atoms with Gasteiger partial charge >= 0.3 is 0 Å². The lowest BCUT2D eigenvalue weighted by atomic mass is 9.95. The first kappa shape index (κ1) is 18.4. The van der Waals surface area contributed by atoms with Crippen LogP contribution >= 0.6 is 34.3 Å². The van der Waals surface area contributed by atoms with Crippen LogP contribution in [0.2, 0.25) is 4.34 Å². The molecule has 1 aliphatic rings. The molecule has 0 aliphatic carbocycles. The minimum atomic E-state index is 0.0357. The summed E-state index contributed by atoms with van der Waals surface area (Å²) in [4.78, 5) is 33.6. The van der Waals surface area contributed by atoms with Crippen molar-refractivity contribution in [2.45, 2.75) is 19.3 Å². The van der Waals surface area contributed by atoms with Crippen molar-refractivity contribution in [1.29, 1.82) is 0 Å². The Bertz CT molecular complexity index is 764. The third-order valence-electron chi connectivity index (χ3n) is 4.31. The molecule has 1 saturated heterocycles. The van der Waals surface area contributed by atoms with Crippen LogP contribution in [0.1, 0.15) is 18.5 Å². The highest BCUT2D eigenvalue weighted by atomic mass is 35.5. The van der Waals surface area contributed by atoms with Crippen LogP contribution in [0.3, 0.4) is 0 Å². The molecule has 1 aliphatic heterocycles. The first-order valence-corrected chi connectivity index (χ1v) is 10.2. The fourth-order valence-corrected chi connectivity index (χ4v) is 4.87. The van der Waals surface area contributed by atoms with Crippen molar-refractivity contribution in [2.24, 2.45) is 5.92 Å². The Morgan fingerprint density at radius 1 is 1.32 bits per heavy atom. The van der Waals surface area contributed by atoms with Gasteiger partial charge in [-0.15, -0.1) is 22.7 Å². The average Bonchev–Trinajstić information content (AvgIpc) is 3.23. The molecule has 3 rings (SSSR count). The lowest BCUT2D eigenvalue weighted by Gasteiger charge is -2.32. The Morgan fingerprint density at radius 2 is 2.04 bits per heavy atom. The van der Waals surface area contributed by atoms with Gasteiger partial charge in [0.1, 0.15) is 5.01 Å². The fraction of sp³-hybridized carbons (Fsp3) is 0.471. The SMILES string of the molecule is CN(C)C(=O)C1CCN(C(=O)Cc2csc(-c3ccc(Cl)s3)n2)CC1. The van der Waals surface area contributed by atoms with E-state index in [0.29, 0.717) is 19.5 Å². The zero-order valence-corrected chi connectivity index (χ0v) is 16.6. The summed E-state index contributed by atoms with van der Waals surface area (Å²) in [6.07, 6.45) is 1.78. The van der Waals surface area contributed by atoms with Crippen molar-refractivity contribution in [3.8, 4) is 9.88 Å². The number of nitrogens with zero attached hydrogens (tertiary/aromatic N) is 3. The van der Waals surface area contributed by atoms with Crippen molar-refractivity contribution in [3.63, 3.8) is 0 Å². The van der Waals surface area contributed by atoms with Gasteiger partial charge in [-0.2, -0.15) is 0 Å². The predicted molar refractivity (Wildman–Crippen MR) is 102 cm³/mol. The quantitative estimate of drug-likeness (QED) is 0.794. The molecule has 1 fully saturated rings. The molecule has 2 aromatic heterocycles. The highest BCUT2D eigenvalue weighted by Crippen LogP contribution is 2.33. The molecule has 2 amide bonds. The highest BCUT2D eigenvalue weighted by Gasteiger charge is 2.28. The van der Waals surface area contributed by atoms with Gasteiger partial charge in [-0.3, -0.25) is 9.59 Å². The van der Waals surface area contributed by atoms with Crippen molar-refractivity contribution in [1.82, 2.24) is 14.8 Å². The molecule has 0 bridgehead atoms. The molecule has 0 saturated carbocycles. The van der Waals surface area contributed by atoms with Crippen LogP contribution in [-0.2, 0) is 16.0 Å². The Morgan fingerprint density at radius 3 is 2.64 bits per heavy atom. The molecular formula is C17H20ClN3O2S2. The molecule has 0 atom stereocenters. The van der Waals surface area contributed by atoms with Gasteiger partial charge in [0.15, 0.2) is 0 Å². The van der Waals surface area contributed by atoms with Crippen LogP contribution in [0.25, 0.3) is 9.88 Å². The van der Waals surface area contributed by atoms with Crippen molar-refractivity contribution >= 4 is 46.1 Å². The lowest BCUT2D eigenvalue weighted by Crippen LogP contribution is -2.43. The van der Waals surface area contributed by atoms with Crippen molar-refractivity contribution in [3.05, 3.63) is 27.5 Å². The molecule has 0 unspecified atom stereocenters. The highest BCUT2D eigenvalue weighted by molar-refractivity contribution is 7.23. The minimum Gasteiger partial charge on any atom is -0.349 e. The Hall–Kier alpha value is -1.44. The molecule has 25 heavy (non-hydrogen) atoms. The average molecular weight is 398 g/mol. The van der Waals surface area contributed by atoms with E-state index in [2.05, 4.69) is 4.98 Å². The van der Waals surface area contributed by atoms with Gasteiger partial charge in [-0.05, 0) is 25.0 Å². The lowest BCUT2D eigenvalue weighted by molar-refractivity contribution is -0.138. The number of hydrogen-bond donors (Lipinski definition) is 0. The molecule has 0 N–H and O–H groups in total. The largest absolute Gasteiger partial charge is 0.349 e. The van der Waals surface area contributed by atoms with Crippen molar-refractivity contribution in [2.75, 3.05) is 27.2 Å². The summed E-state index contributed by atoms with van der Waals surface area (Å²) in [6, 6.07) is 3.80. The number of thiophene rings is 1. The summed E-state index contributed by atoms with van der Waals surface area (Å²) in [5.41, 5.74) is 0.793. The topological polar surface area (TPSA) is 53.5 Å². The molecule has 0 aromatic carbocycles. The zero-order valence-electron chi connectivity index (χ0n) is 14.2. The van der Waals surface area contributed by atoms with Crippen LogP contribution in [0.15, 0.2) is 17.5 Å². The van der Waals surface area contributed by atoms with Crippen LogP contribution in [0.4, 0.5) is 0 Å². The number of likely N-dealkylation sites (tertiary alicyclic amines) is 1. The summed E-state index contributed by atoms with van der Waals surface area (Å²) < 4.78 is 0.734. The smallest absolute Gasteiger partial charge is 0.228 e. The number of amides is 2. The zero-order chi connectivity index (χ0) is 18.0. The van der Waals surface area contributed by atoms with E-state index >= 15 is 0 Å². The van der Waals surface area contributed by atoms with Gasteiger partial charge in [0.25, 0.3) is 0 Å². The number of hydrogen-bond acceptors (Lipinski definition) is 5. The second kappa shape index (κ2) is 7.85. The maximum atomic E-state index is 12.5. The molecule has 5 nitrogen and oxygen atoms in total. The molecule has 0 spiro atoms. The summed E-state index contributed by atoms with van der Waals surface area (Å²) in [5.74, 6) is 0.274. The Kier molecular flexibility index (Phi) is 5.76. The van der Waals surface area contributed by atoms with Crippen molar-refractivity contribution < 1.29 is 9.59 Å². The second-order valence-corrected chi connectivity index (χ2v) is 8.89. The van der Waals surface area contributed by atoms with Crippen LogP contribution in [-0.4, -0.2) is 53.8 Å². The first-order valence-electron chi connectivity index (χ1n) is 8.13. The fourth-order valence-electron chi connectivity index (χ4n) is 2.94. The number of piperidine rings is 1. The summed E-state index contributed by atoms with van der Waals surface area (Å²) in [5, 5.41) is 2.83. The number of thiazole rings is 1. The molecule has 3 heterocycles. The van der Waals surface area contributed by atoms with E-state index in [9.17, 15) is 9.59 Å². The normalized spacial score (nSPS) is 15.4. The van der Waals surface area contributed by atoms with E-state index in [0.717, 1.165) is 32.8 Å². The van der Waals surface area contributed by atoms with Crippen LogP contribution < -0.4 is 0 Å².